The Morgan fingerprint density at radius 2 is 1.56 bits per heavy atom. The number of hydrogen-bond acceptors (Lipinski definition) is 2. The highest BCUT2D eigenvalue weighted by Gasteiger charge is 2.40. The Bertz CT molecular complexity index is 840. The maximum absolute atomic E-state index is 6.16. The van der Waals surface area contributed by atoms with Crippen LogP contribution in [0.1, 0.15) is 113 Å². The summed E-state index contributed by atoms with van der Waals surface area (Å²) in [5.41, 5.74) is 18.2. The van der Waals surface area contributed by atoms with Crippen molar-refractivity contribution in [3.05, 3.63) is 59.2 Å². The summed E-state index contributed by atoms with van der Waals surface area (Å²) < 4.78 is 0. The number of hydrogen-bond donors (Lipinski definition) is 2. The smallest absolute Gasteiger partial charge is 0.0370 e. The molecule has 0 aliphatic heterocycles. The number of unbranched alkanes of at least 4 members (excludes halogenated alkanes) is 2. The Morgan fingerprint density at radius 3 is 2.22 bits per heavy atom. The molecule has 2 nitrogen and oxygen atoms in total. The van der Waals surface area contributed by atoms with Crippen LogP contribution in [0.5, 0.6) is 0 Å². The summed E-state index contributed by atoms with van der Waals surface area (Å²) in [5, 5.41) is 0. The second-order valence-electron chi connectivity index (χ2n) is 10.8. The van der Waals surface area contributed by atoms with Crippen LogP contribution in [-0.2, 0) is 6.42 Å². The molecule has 4 N–H and O–H groups in total. The first kappa shape index (κ1) is 23.2. The molecule has 2 aliphatic rings. The summed E-state index contributed by atoms with van der Waals surface area (Å²) in [5.74, 6) is 1.72. The van der Waals surface area contributed by atoms with E-state index in [0.717, 1.165) is 35.2 Å². The highest BCUT2D eigenvalue weighted by Crippen LogP contribution is 2.53. The van der Waals surface area contributed by atoms with E-state index >= 15 is 0 Å². The average molecular weight is 433 g/mol. The lowest BCUT2D eigenvalue weighted by Gasteiger charge is -2.47. The van der Waals surface area contributed by atoms with Gasteiger partial charge in [0.05, 0.1) is 0 Å². The third-order valence-electron chi connectivity index (χ3n) is 8.74. The van der Waals surface area contributed by atoms with Crippen LogP contribution in [0.4, 0.5) is 11.4 Å². The fourth-order valence-corrected chi connectivity index (χ4v) is 6.79. The van der Waals surface area contributed by atoms with Crippen molar-refractivity contribution in [3.8, 4) is 0 Å². The molecule has 2 aliphatic carbocycles. The fraction of sp³-hybridized carbons (Fsp3) is 0.600. The highest BCUT2D eigenvalue weighted by atomic mass is 14.6. The molecule has 4 rings (SSSR count). The van der Waals surface area contributed by atoms with Crippen LogP contribution in [-0.4, -0.2) is 0 Å². The van der Waals surface area contributed by atoms with E-state index in [2.05, 4.69) is 37.3 Å². The van der Waals surface area contributed by atoms with E-state index in [1.54, 1.807) is 5.56 Å². The van der Waals surface area contributed by atoms with Gasteiger partial charge in [0, 0.05) is 11.4 Å². The van der Waals surface area contributed by atoms with Crippen molar-refractivity contribution in [2.45, 2.75) is 103 Å². The average Bonchev–Trinajstić information content (AvgIpc) is 2.82. The lowest BCUT2D eigenvalue weighted by molar-refractivity contribution is 0.0507. The molecule has 174 valence electrons. The topological polar surface area (TPSA) is 52.0 Å². The van der Waals surface area contributed by atoms with E-state index in [1.165, 1.54) is 89.0 Å². The molecule has 0 bridgehead atoms. The molecule has 0 saturated heterocycles. The summed E-state index contributed by atoms with van der Waals surface area (Å²) >= 11 is 0. The minimum atomic E-state index is 0.682. The Kier molecular flexibility index (Phi) is 7.81. The van der Waals surface area contributed by atoms with Crippen molar-refractivity contribution < 1.29 is 0 Å². The zero-order valence-electron chi connectivity index (χ0n) is 20.3. The van der Waals surface area contributed by atoms with Crippen molar-refractivity contribution in [2.24, 2.45) is 11.3 Å². The zero-order chi connectivity index (χ0) is 22.4. The summed E-state index contributed by atoms with van der Waals surface area (Å²) in [7, 11) is 0. The fourth-order valence-electron chi connectivity index (χ4n) is 6.79. The minimum absolute atomic E-state index is 0.682. The molecule has 32 heavy (non-hydrogen) atoms. The van der Waals surface area contributed by atoms with Gasteiger partial charge in [-0.2, -0.15) is 0 Å². The lowest BCUT2D eigenvalue weighted by Crippen LogP contribution is -2.35. The molecular formula is C30H44N2. The Morgan fingerprint density at radius 1 is 0.844 bits per heavy atom. The third-order valence-corrected chi connectivity index (χ3v) is 8.74. The van der Waals surface area contributed by atoms with E-state index in [4.69, 9.17) is 11.5 Å². The third kappa shape index (κ3) is 5.50. The highest BCUT2D eigenvalue weighted by molar-refractivity contribution is 5.57. The maximum Gasteiger partial charge on any atom is 0.0370 e. The molecule has 2 heteroatoms. The van der Waals surface area contributed by atoms with Gasteiger partial charge in [-0.05, 0) is 97.4 Å². The van der Waals surface area contributed by atoms with Gasteiger partial charge in [0.25, 0.3) is 0 Å². The molecule has 2 saturated carbocycles. The van der Waals surface area contributed by atoms with Gasteiger partial charge in [-0.15, -0.1) is 0 Å². The molecule has 2 aromatic rings. The summed E-state index contributed by atoms with van der Waals surface area (Å²) in [6.45, 7) is 2.34. The summed E-state index contributed by atoms with van der Waals surface area (Å²) in [6.07, 6.45) is 19.7. The number of nitrogen functional groups attached to an aromatic ring is 2. The molecule has 2 fully saturated rings. The first-order valence-corrected chi connectivity index (χ1v) is 13.3. The van der Waals surface area contributed by atoms with Gasteiger partial charge >= 0.3 is 0 Å². The zero-order valence-corrected chi connectivity index (χ0v) is 20.3. The lowest BCUT2D eigenvalue weighted by atomic mass is 9.58. The Hall–Kier alpha value is -1.96. The SMILES string of the molecule is CCCCCC1(C2CCC(c3ccc(Cc4ccc(N)cc4N)cc3)CC2)CCCCC1. The minimum Gasteiger partial charge on any atom is -0.399 e. The molecule has 0 spiro atoms. The van der Waals surface area contributed by atoms with Crippen LogP contribution in [0.2, 0.25) is 0 Å². The largest absolute Gasteiger partial charge is 0.399 e. The number of rotatable bonds is 8. The first-order chi connectivity index (χ1) is 15.6. The summed E-state index contributed by atoms with van der Waals surface area (Å²) in [6, 6.07) is 15.2. The monoisotopic (exact) mass is 432 g/mol. The molecule has 2 aromatic carbocycles. The number of anilines is 2. The maximum atomic E-state index is 6.16. The van der Waals surface area contributed by atoms with Gasteiger partial charge < -0.3 is 11.5 Å². The summed E-state index contributed by atoms with van der Waals surface area (Å²) in [4.78, 5) is 0. The quantitative estimate of drug-likeness (QED) is 0.326. The van der Waals surface area contributed by atoms with Gasteiger partial charge in [0.2, 0.25) is 0 Å². The van der Waals surface area contributed by atoms with E-state index in [0.29, 0.717) is 5.41 Å². The van der Waals surface area contributed by atoms with Crippen LogP contribution >= 0.6 is 0 Å². The van der Waals surface area contributed by atoms with Crippen molar-refractivity contribution >= 4 is 11.4 Å². The van der Waals surface area contributed by atoms with Gasteiger partial charge in [-0.25, -0.2) is 0 Å². The normalized spacial score (nSPS) is 23.2. The van der Waals surface area contributed by atoms with Crippen LogP contribution in [0.15, 0.2) is 42.5 Å². The Balaban J connectivity index is 1.35. The van der Waals surface area contributed by atoms with Crippen LogP contribution in [0.3, 0.4) is 0 Å². The van der Waals surface area contributed by atoms with Crippen molar-refractivity contribution in [1.29, 1.82) is 0 Å². The van der Waals surface area contributed by atoms with E-state index in [9.17, 15) is 0 Å². The van der Waals surface area contributed by atoms with Crippen LogP contribution < -0.4 is 11.5 Å². The molecule has 0 aromatic heterocycles. The van der Waals surface area contributed by atoms with Gasteiger partial charge in [-0.1, -0.05) is 75.8 Å². The molecule has 0 heterocycles. The first-order valence-electron chi connectivity index (χ1n) is 13.3. The second-order valence-corrected chi connectivity index (χ2v) is 10.8. The van der Waals surface area contributed by atoms with Gasteiger partial charge in [-0.3, -0.25) is 0 Å². The standard InChI is InChI=1S/C30H44N2/c1-2-3-5-18-30(19-6-4-7-20-30)27-15-12-25(13-16-27)24-10-8-23(9-11-24)21-26-14-17-28(31)22-29(26)32/h8-11,14,17,22,25,27H,2-7,12-13,15-16,18-21,31-32H2,1H3. The van der Waals surface area contributed by atoms with E-state index < -0.39 is 0 Å². The predicted octanol–water partition coefficient (Wildman–Crippen LogP) is 8.25. The van der Waals surface area contributed by atoms with E-state index in [-0.39, 0.29) is 0 Å². The molecular weight excluding hydrogens is 388 g/mol. The van der Waals surface area contributed by atoms with E-state index in [1.807, 2.05) is 12.1 Å². The van der Waals surface area contributed by atoms with Crippen molar-refractivity contribution in [3.63, 3.8) is 0 Å². The van der Waals surface area contributed by atoms with Crippen molar-refractivity contribution in [2.75, 3.05) is 11.5 Å². The molecule has 0 unspecified atom stereocenters. The van der Waals surface area contributed by atoms with Gasteiger partial charge in [0.15, 0.2) is 0 Å². The number of benzene rings is 2. The second kappa shape index (κ2) is 10.8. The molecule has 0 atom stereocenters. The number of nitrogens with two attached hydrogens (primary N) is 2. The van der Waals surface area contributed by atoms with Crippen LogP contribution in [0.25, 0.3) is 0 Å². The van der Waals surface area contributed by atoms with Gasteiger partial charge in [0.1, 0.15) is 0 Å². The predicted molar refractivity (Wildman–Crippen MR) is 139 cm³/mol. The Labute approximate surface area is 196 Å². The molecule has 0 amide bonds. The van der Waals surface area contributed by atoms with Crippen molar-refractivity contribution in [1.82, 2.24) is 0 Å². The molecule has 0 radical (unpaired) electrons. The van der Waals surface area contributed by atoms with Crippen LogP contribution in [0, 0.1) is 11.3 Å².